The minimum absolute atomic E-state index is 0.0479. The molecular weight excluding hydrogens is 264 g/mol. The number of rotatable bonds is 5. The van der Waals surface area contributed by atoms with E-state index in [2.05, 4.69) is 0 Å². The summed E-state index contributed by atoms with van der Waals surface area (Å²) < 4.78 is 5.39. The van der Waals surface area contributed by atoms with Gasteiger partial charge in [-0.05, 0) is 24.3 Å². The van der Waals surface area contributed by atoms with Gasteiger partial charge in [0.25, 0.3) is 0 Å². The second-order valence-corrected chi connectivity index (χ2v) is 6.46. The summed E-state index contributed by atoms with van der Waals surface area (Å²) >= 11 is 0. The first kappa shape index (κ1) is 16.0. The minimum Gasteiger partial charge on any atom is -0.463 e. The molecule has 1 aliphatic rings. The third-order valence-corrected chi connectivity index (χ3v) is 4.27. The summed E-state index contributed by atoms with van der Waals surface area (Å²) in [6.07, 6.45) is 5.07. The number of hydrogen-bond donors (Lipinski definition) is 1. The Morgan fingerprint density at radius 1 is 1.24 bits per heavy atom. The van der Waals surface area contributed by atoms with Crippen molar-refractivity contribution >= 4 is 5.97 Å². The average Bonchev–Trinajstić information content (AvgIpc) is 2.53. The molecule has 1 aliphatic carbocycles. The van der Waals surface area contributed by atoms with Crippen LogP contribution < -0.4 is 0 Å². The smallest absolute Gasteiger partial charge is 0.343 e. The van der Waals surface area contributed by atoms with Crippen LogP contribution in [0.4, 0.5) is 0 Å². The number of aliphatic hydroxyl groups is 1. The van der Waals surface area contributed by atoms with Crippen LogP contribution in [0.2, 0.25) is 0 Å². The largest absolute Gasteiger partial charge is 0.463 e. The van der Waals surface area contributed by atoms with Crippen LogP contribution in [-0.2, 0) is 15.1 Å². The van der Waals surface area contributed by atoms with E-state index < -0.39 is 11.6 Å². The van der Waals surface area contributed by atoms with Gasteiger partial charge >= 0.3 is 5.97 Å². The van der Waals surface area contributed by atoms with Gasteiger partial charge in [-0.15, -0.1) is 0 Å². The van der Waals surface area contributed by atoms with Gasteiger partial charge in [0.1, 0.15) is 0 Å². The lowest BCUT2D eigenvalue weighted by Gasteiger charge is -2.36. The molecule has 0 bridgehead atoms. The van der Waals surface area contributed by atoms with Crippen molar-refractivity contribution in [2.75, 3.05) is 6.61 Å². The molecule has 3 nitrogen and oxygen atoms in total. The van der Waals surface area contributed by atoms with Gasteiger partial charge in [0.15, 0.2) is 5.60 Å². The quantitative estimate of drug-likeness (QED) is 0.842. The molecule has 0 spiro atoms. The lowest BCUT2D eigenvalue weighted by Crippen LogP contribution is -2.45. The maximum atomic E-state index is 12.6. The van der Waals surface area contributed by atoms with Crippen LogP contribution in [0.15, 0.2) is 30.3 Å². The van der Waals surface area contributed by atoms with Crippen LogP contribution in [0.3, 0.4) is 0 Å². The Bertz CT molecular complexity index is 449. The fourth-order valence-electron chi connectivity index (χ4n) is 3.09. The molecular formula is C18H26O3. The monoisotopic (exact) mass is 290 g/mol. The number of benzene rings is 1. The number of ether oxygens (including phenoxy) is 1. The Morgan fingerprint density at radius 2 is 1.86 bits per heavy atom. The Morgan fingerprint density at radius 3 is 2.43 bits per heavy atom. The van der Waals surface area contributed by atoms with Gasteiger partial charge in [-0.3, -0.25) is 0 Å². The SMILES string of the molecule is CC(C)COC(=O)[C@@](O)(c1ccccc1)C1CCCCC1. The number of carbonyl (C=O) groups excluding carboxylic acids is 1. The molecule has 0 heterocycles. The zero-order chi connectivity index (χ0) is 15.3. The highest BCUT2D eigenvalue weighted by atomic mass is 16.5. The summed E-state index contributed by atoms with van der Waals surface area (Å²) in [7, 11) is 0. The lowest BCUT2D eigenvalue weighted by atomic mass is 9.73. The van der Waals surface area contributed by atoms with Gasteiger partial charge in [0.05, 0.1) is 6.61 Å². The maximum Gasteiger partial charge on any atom is 0.343 e. The molecule has 1 N–H and O–H groups in total. The molecule has 21 heavy (non-hydrogen) atoms. The van der Waals surface area contributed by atoms with E-state index >= 15 is 0 Å². The first-order valence-corrected chi connectivity index (χ1v) is 8.00. The topological polar surface area (TPSA) is 46.5 Å². The third kappa shape index (κ3) is 3.65. The summed E-state index contributed by atoms with van der Waals surface area (Å²) in [5, 5.41) is 11.2. The van der Waals surface area contributed by atoms with Gasteiger partial charge < -0.3 is 9.84 Å². The van der Waals surface area contributed by atoms with Crippen LogP contribution in [0.5, 0.6) is 0 Å². The molecule has 0 aliphatic heterocycles. The van der Waals surface area contributed by atoms with Crippen LogP contribution in [0, 0.1) is 11.8 Å². The van der Waals surface area contributed by atoms with Crippen molar-refractivity contribution in [3.63, 3.8) is 0 Å². The maximum absolute atomic E-state index is 12.6. The van der Waals surface area contributed by atoms with E-state index in [0.29, 0.717) is 12.2 Å². The fourth-order valence-corrected chi connectivity index (χ4v) is 3.09. The molecule has 3 heteroatoms. The van der Waals surface area contributed by atoms with E-state index in [-0.39, 0.29) is 11.8 Å². The second kappa shape index (κ2) is 7.08. The normalized spacial score (nSPS) is 19.2. The summed E-state index contributed by atoms with van der Waals surface area (Å²) in [6, 6.07) is 9.26. The molecule has 116 valence electrons. The van der Waals surface area contributed by atoms with Crippen molar-refractivity contribution in [1.82, 2.24) is 0 Å². The highest BCUT2D eigenvalue weighted by molar-refractivity contribution is 5.81. The van der Waals surface area contributed by atoms with Crippen molar-refractivity contribution in [3.8, 4) is 0 Å². The van der Waals surface area contributed by atoms with Crippen LogP contribution in [0.1, 0.15) is 51.5 Å². The summed E-state index contributed by atoms with van der Waals surface area (Å²) in [5.41, 5.74) is -0.845. The Kier molecular flexibility index (Phi) is 5.40. The zero-order valence-corrected chi connectivity index (χ0v) is 13.0. The van der Waals surface area contributed by atoms with Crippen molar-refractivity contribution in [1.29, 1.82) is 0 Å². The molecule has 1 aromatic rings. The van der Waals surface area contributed by atoms with Gasteiger partial charge in [0, 0.05) is 5.92 Å². The Balaban J connectivity index is 2.27. The van der Waals surface area contributed by atoms with E-state index in [1.165, 1.54) is 6.42 Å². The molecule has 1 aromatic carbocycles. The first-order chi connectivity index (χ1) is 10.0. The highest BCUT2D eigenvalue weighted by Crippen LogP contribution is 2.40. The highest BCUT2D eigenvalue weighted by Gasteiger charge is 2.47. The van der Waals surface area contributed by atoms with Crippen molar-refractivity contribution in [2.45, 2.75) is 51.6 Å². The lowest BCUT2D eigenvalue weighted by molar-refractivity contribution is -0.176. The standard InChI is InChI=1S/C18H26O3/c1-14(2)13-21-17(19)18(20,15-9-5-3-6-10-15)16-11-7-4-8-12-16/h3,5-6,9-10,14,16,20H,4,7-8,11-13H2,1-2H3/t18-/m1/s1. The number of carbonyl (C=O) groups is 1. The van der Waals surface area contributed by atoms with Crippen molar-refractivity contribution in [2.24, 2.45) is 11.8 Å². The van der Waals surface area contributed by atoms with Crippen LogP contribution >= 0.6 is 0 Å². The van der Waals surface area contributed by atoms with E-state index in [1.807, 2.05) is 44.2 Å². The zero-order valence-electron chi connectivity index (χ0n) is 13.0. The van der Waals surface area contributed by atoms with Crippen molar-refractivity contribution in [3.05, 3.63) is 35.9 Å². The molecule has 1 atom stereocenters. The van der Waals surface area contributed by atoms with Gasteiger partial charge in [0.2, 0.25) is 0 Å². The molecule has 1 saturated carbocycles. The van der Waals surface area contributed by atoms with Gasteiger partial charge in [-0.1, -0.05) is 63.4 Å². The summed E-state index contributed by atoms with van der Waals surface area (Å²) in [5.74, 6) is -0.275. The van der Waals surface area contributed by atoms with Crippen LogP contribution in [0.25, 0.3) is 0 Å². The molecule has 0 unspecified atom stereocenters. The first-order valence-electron chi connectivity index (χ1n) is 8.00. The minimum atomic E-state index is -1.50. The summed E-state index contributed by atoms with van der Waals surface area (Å²) in [4.78, 5) is 12.6. The molecule has 0 amide bonds. The fraction of sp³-hybridized carbons (Fsp3) is 0.611. The third-order valence-electron chi connectivity index (χ3n) is 4.27. The number of hydrogen-bond acceptors (Lipinski definition) is 3. The van der Waals surface area contributed by atoms with Crippen LogP contribution in [-0.4, -0.2) is 17.7 Å². The van der Waals surface area contributed by atoms with Crippen molar-refractivity contribution < 1.29 is 14.6 Å². The molecule has 1 fully saturated rings. The van der Waals surface area contributed by atoms with E-state index in [1.54, 1.807) is 0 Å². The summed E-state index contributed by atoms with van der Waals surface area (Å²) in [6.45, 7) is 4.34. The molecule has 0 aromatic heterocycles. The van der Waals surface area contributed by atoms with E-state index in [4.69, 9.17) is 4.74 Å². The molecule has 0 radical (unpaired) electrons. The molecule has 0 saturated heterocycles. The Labute approximate surface area is 127 Å². The van der Waals surface area contributed by atoms with Gasteiger partial charge in [-0.2, -0.15) is 0 Å². The Hall–Kier alpha value is -1.35. The van der Waals surface area contributed by atoms with E-state index in [0.717, 1.165) is 25.7 Å². The predicted molar refractivity (Wildman–Crippen MR) is 82.7 cm³/mol. The number of esters is 1. The molecule has 2 rings (SSSR count). The van der Waals surface area contributed by atoms with E-state index in [9.17, 15) is 9.90 Å². The average molecular weight is 290 g/mol. The van der Waals surface area contributed by atoms with Gasteiger partial charge in [-0.25, -0.2) is 4.79 Å². The predicted octanol–water partition coefficient (Wildman–Crippen LogP) is 3.65. The second-order valence-electron chi connectivity index (χ2n) is 6.46.